The number of aromatic nitrogens is 2. The van der Waals surface area contributed by atoms with Crippen LogP contribution in [0.5, 0.6) is 0 Å². The summed E-state index contributed by atoms with van der Waals surface area (Å²) in [5.41, 5.74) is 13.2. The first-order chi connectivity index (χ1) is 15.7. The number of hydrogen-bond donors (Lipinski definition) is 0. The standard InChI is InChI=1S/C28H24N2S3/c1-13-7-8-15(24-23(13)29-33-30-24)22-12-21-26(32-22)17-11-18-16(10-19(17)28(21,5)6)25-20(27(18,3)4)9-14(2)31-25/h7-12H,1-6H3. The largest absolute Gasteiger partial charge is 0.173 e. The van der Waals surface area contributed by atoms with Crippen LogP contribution in [0, 0.1) is 13.8 Å². The molecule has 0 saturated carbocycles. The average Bonchev–Trinajstić information content (AvgIpc) is 3.55. The van der Waals surface area contributed by atoms with Gasteiger partial charge in [0.15, 0.2) is 0 Å². The van der Waals surface area contributed by atoms with Crippen molar-refractivity contribution in [2.24, 2.45) is 0 Å². The number of aryl methyl sites for hydroxylation is 2. The van der Waals surface area contributed by atoms with Crippen LogP contribution in [0.2, 0.25) is 0 Å². The predicted octanol–water partition coefficient (Wildman–Crippen LogP) is 8.71. The number of rotatable bonds is 1. The third kappa shape index (κ3) is 2.43. The van der Waals surface area contributed by atoms with E-state index >= 15 is 0 Å². The van der Waals surface area contributed by atoms with Gasteiger partial charge in [-0.25, -0.2) is 0 Å². The summed E-state index contributed by atoms with van der Waals surface area (Å²) < 4.78 is 9.19. The monoisotopic (exact) mass is 484 g/mol. The molecule has 33 heavy (non-hydrogen) atoms. The predicted molar refractivity (Wildman–Crippen MR) is 143 cm³/mol. The van der Waals surface area contributed by atoms with Gasteiger partial charge in [0.25, 0.3) is 0 Å². The lowest BCUT2D eigenvalue weighted by atomic mass is 9.79. The quantitative estimate of drug-likeness (QED) is 0.238. The van der Waals surface area contributed by atoms with Gasteiger partial charge in [0, 0.05) is 35.9 Å². The molecule has 0 spiro atoms. The summed E-state index contributed by atoms with van der Waals surface area (Å²) in [5, 5.41) is 0. The van der Waals surface area contributed by atoms with Gasteiger partial charge in [-0.2, -0.15) is 8.75 Å². The smallest absolute Gasteiger partial charge is 0.113 e. The van der Waals surface area contributed by atoms with E-state index in [1.54, 1.807) is 0 Å². The molecule has 3 heterocycles. The molecule has 0 bridgehead atoms. The van der Waals surface area contributed by atoms with Crippen molar-refractivity contribution in [3.63, 3.8) is 0 Å². The van der Waals surface area contributed by atoms with Crippen LogP contribution in [0.1, 0.15) is 60.4 Å². The minimum absolute atomic E-state index is 0.0161. The Labute approximate surface area is 206 Å². The van der Waals surface area contributed by atoms with Crippen LogP contribution >= 0.6 is 34.4 Å². The van der Waals surface area contributed by atoms with Crippen molar-refractivity contribution in [2.45, 2.75) is 52.4 Å². The van der Waals surface area contributed by atoms with Gasteiger partial charge in [0.05, 0.1) is 11.7 Å². The van der Waals surface area contributed by atoms with Crippen LogP contribution in [0.15, 0.2) is 36.4 Å². The molecule has 7 rings (SSSR count). The van der Waals surface area contributed by atoms with Gasteiger partial charge in [0.2, 0.25) is 0 Å². The van der Waals surface area contributed by atoms with E-state index in [4.69, 9.17) is 0 Å². The second-order valence-corrected chi connectivity index (χ2v) is 13.4. The summed E-state index contributed by atoms with van der Waals surface area (Å²) in [6.45, 7) is 13.9. The number of hydrogen-bond acceptors (Lipinski definition) is 5. The maximum atomic E-state index is 4.65. The van der Waals surface area contributed by atoms with E-state index < -0.39 is 0 Å². The first kappa shape index (κ1) is 20.1. The normalized spacial score (nSPS) is 16.7. The van der Waals surface area contributed by atoms with Gasteiger partial charge >= 0.3 is 0 Å². The maximum Gasteiger partial charge on any atom is 0.113 e. The Hall–Kier alpha value is -2.34. The maximum absolute atomic E-state index is 4.65. The Morgan fingerprint density at radius 1 is 0.636 bits per heavy atom. The lowest BCUT2D eigenvalue weighted by Gasteiger charge is -2.24. The van der Waals surface area contributed by atoms with Crippen molar-refractivity contribution in [2.75, 3.05) is 0 Å². The second kappa shape index (κ2) is 6.21. The number of thiophene rings is 2. The number of benzene rings is 2. The summed E-state index contributed by atoms with van der Waals surface area (Å²) in [5.74, 6) is 0. The molecule has 0 saturated heterocycles. The zero-order chi connectivity index (χ0) is 22.9. The lowest BCUT2D eigenvalue weighted by Crippen LogP contribution is -2.16. The van der Waals surface area contributed by atoms with E-state index in [9.17, 15) is 0 Å². The topological polar surface area (TPSA) is 25.8 Å². The highest BCUT2D eigenvalue weighted by molar-refractivity contribution is 7.19. The molecule has 0 amide bonds. The van der Waals surface area contributed by atoms with E-state index in [2.05, 4.69) is 86.7 Å². The summed E-state index contributed by atoms with van der Waals surface area (Å²) in [6.07, 6.45) is 0. The van der Waals surface area contributed by atoms with Crippen LogP contribution in [0.25, 0.3) is 42.4 Å². The summed E-state index contributed by atoms with van der Waals surface area (Å²) in [7, 11) is 0. The fraction of sp³-hybridized carbons (Fsp3) is 0.286. The highest BCUT2D eigenvalue weighted by Gasteiger charge is 2.43. The van der Waals surface area contributed by atoms with Gasteiger partial charge in [-0.05, 0) is 77.1 Å². The van der Waals surface area contributed by atoms with Crippen LogP contribution in [0.3, 0.4) is 0 Å². The van der Waals surface area contributed by atoms with Crippen LogP contribution in [0.4, 0.5) is 0 Å². The molecule has 2 nitrogen and oxygen atoms in total. The van der Waals surface area contributed by atoms with Gasteiger partial charge in [0.1, 0.15) is 11.0 Å². The first-order valence-electron chi connectivity index (χ1n) is 11.3. The van der Waals surface area contributed by atoms with Gasteiger partial charge in [-0.3, -0.25) is 0 Å². The van der Waals surface area contributed by atoms with Gasteiger partial charge < -0.3 is 0 Å². The molecular weight excluding hydrogens is 461 g/mol. The first-order valence-corrected chi connectivity index (χ1v) is 13.7. The molecule has 0 atom stereocenters. The number of nitrogens with zero attached hydrogens (tertiary/aromatic N) is 2. The zero-order valence-corrected chi connectivity index (χ0v) is 22.0. The summed E-state index contributed by atoms with van der Waals surface area (Å²) in [4.78, 5) is 5.60. The fourth-order valence-electron chi connectivity index (χ4n) is 5.86. The van der Waals surface area contributed by atoms with Crippen molar-refractivity contribution in [3.8, 4) is 31.3 Å². The van der Waals surface area contributed by atoms with Crippen molar-refractivity contribution >= 4 is 45.4 Å². The van der Waals surface area contributed by atoms with Gasteiger partial charge in [-0.1, -0.05) is 39.8 Å². The molecule has 164 valence electrons. The highest BCUT2D eigenvalue weighted by Crippen LogP contribution is 2.59. The molecule has 5 aromatic rings. The van der Waals surface area contributed by atoms with E-state index in [0.29, 0.717) is 0 Å². The minimum Gasteiger partial charge on any atom is -0.173 e. The highest BCUT2D eigenvalue weighted by atomic mass is 32.1. The van der Waals surface area contributed by atoms with Crippen molar-refractivity contribution in [3.05, 3.63) is 69.1 Å². The molecule has 0 N–H and O–H groups in total. The fourth-order valence-corrected chi connectivity index (χ4v) is 9.05. The van der Waals surface area contributed by atoms with Crippen molar-refractivity contribution in [1.29, 1.82) is 0 Å². The number of fused-ring (bicyclic) bond motifs is 7. The molecule has 2 aliphatic carbocycles. The molecule has 2 aromatic carbocycles. The molecule has 0 fully saturated rings. The molecule has 2 aliphatic rings. The van der Waals surface area contributed by atoms with E-state index in [1.165, 1.54) is 75.7 Å². The van der Waals surface area contributed by atoms with Crippen molar-refractivity contribution < 1.29 is 0 Å². The Bertz CT molecular complexity index is 1640. The second-order valence-electron chi connectivity index (χ2n) is 10.5. The third-order valence-corrected chi connectivity index (χ3v) is 10.6. The molecule has 0 radical (unpaired) electrons. The molecule has 5 heteroatoms. The minimum atomic E-state index is -0.0161. The SMILES string of the molecule is Cc1cc2c(s1)-c1cc3c(cc1C2(C)C)-c1sc(-c2ccc(C)c4nsnc24)cc1C3(C)C. The van der Waals surface area contributed by atoms with Crippen LogP contribution in [-0.4, -0.2) is 8.75 Å². The van der Waals surface area contributed by atoms with E-state index in [1.807, 2.05) is 22.7 Å². The summed E-state index contributed by atoms with van der Waals surface area (Å²) >= 11 is 5.17. The Morgan fingerprint density at radius 2 is 1.24 bits per heavy atom. The van der Waals surface area contributed by atoms with Crippen molar-refractivity contribution in [1.82, 2.24) is 8.75 Å². The van der Waals surface area contributed by atoms with E-state index in [0.717, 1.165) is 11.0 Å². The molecule has 0 unspecified atom stereocenters. The summed E-state index contributed by atoms with van der Waals surface area (Å²) in [6, 6.07) is 14.2. The average molecular weight is 485 g/mol. The molecule has 3 aromatic heterocycles. The van der Waals surface area contributed by atoms with Gasteiger partial charge in [-0.15, -0.1) is 22.7 Å². The Balaban J connectivity index is 1.46. The van der Waals surface area contributed by atoms with Crippen LogP contribution < -0.4 is 0 Å². The lowest BCUT2D eigenvalue weighted by molar-refractivity contribution is 0.653. The van der Waals surface area contributed by atoms with E-state index in [-0.39, 0.29) is 10.8 Å². The Morgan fingerprint density at radius 3 is 1.94 bits per heavy atom. The Kier molecular flexibility index (Phi) is 3.77. The molecule has 0 aliphatic heterocycles. The third-order valence-electron chi connectivity index (χ3n) is 7.81. The zero-order valence-electron chi connectivity index (χ0n) is 19.6. The molecular formula is C28H24N2S3. The van der Waals surface area contributed by atoms with Crippen LogP contribution in [-0.2, 0) is 10.8 Å².